The number of nitrogens with zero attached hydrogens (tertiary/aromatic N) is 2. The highest BCUT2D eigenvalue weighted by Crippen LogP contribution is 2.14. The summed E-state index contributed by atoms with van der Waals surface area (Å²) in [5, 5.41) is 9.12. The van der Waals surface area contributed by atoms with Gasteiger partial charge in [-0.2, -0.15) is 0 Å². The van der Waals surface area contributed by atoms with E-state index in [2.05, 4.69) is 9.80 Å². The molecule has 0 unspecified atom stereocenters. The second-order valence-corrected chi connectivity index (χ2v) is 6.03. The molecule has 2 rings (SSSR count). The lowest BCUT2D eigenvalue weighted by molar-refractivity contribution is 0.0696. The molecule has 0 spiro atoms. The Morgan fingerprint density at radius 3 is 2.52 bits per heavy atom. The second-order valence-electron chi connectivity index (χ2n) is 6.03. The van der Waals surface area contributed by atoms with Crippen molar-refractivity contribution in [2.45, 2.75) is 20.0 Å². The normalized spacial score (nSPS) is 11.3. The molecule has 1 heterocycles. The van der Waals surface area contributed by atoms with Crippen LogP contribution in [0.5, 0.6) is 0 Å². The zero-order valence-corrected chi connectivity index (χ0v) is 14.0. The Balaban J connectivity index is 2.09. The first-order valence-electron chi connectivity index (χ1n) is 7.68. The van der Waals surface area contributed by atoms with Gasteiger partial charge in [0.2, 0.25) is 0 Å². The van der Waals surface area contributed by atoms with E-state index >= 15 is 0 Å². The highest BCUT2D eigenvalue weighted by molar-refractivity contribution is 5.87. The van der Waals surface area contributed by atoms with E-state index in [4.69, 9.17) is 9.52 Å². The van der Waals surface area contributed by atoms with Crippen molar-refractivity contribution in [2.24, 2.45) is 0 Å². The molecule has 1 aromatic heterocycles. The molecular weight excluding hydrogens is 292 g/mol. The fraction of sp³-hybridized carbons (Fsp3) is 0.389. The standard InChI is InChI=1S/C18H24N2O3/c1-14-7-8-17(23-14)13-20(10-9-19(2)3)12-15-5-4-6-16(11-15)18(21)22/h4-8,11H,9-10,12-13H2,1-3H3,(H,21,22). The molecule has 0 saturated heterocycles. The van der Waals surface area contributed by atoms with E-state index in [0.29, 0.717) is 18.7 Å². The topological polar surface area (TPSA) is 56.9 Å². The number of aryl methyl sites for hydroxylation is 1. The molecule has 124 valence electrons. The van der Waals surface area contributed by atoms with Gasteiger partial charge in [0, 0.05) is 19.6 Å². The summed E-state index contributed by atoms with van der Waals surface area (Å²) >= 11 is 0. The van der Waals surface area contributed by atoms with E-state index in [-0.39, 0.29) is 0 Å². The zero-order valence-electron chi connectivity index (χ0n) is 14.0. The molecule has 2 aromatic rings. The highest BCUT2D eigenvalue weighted by Gasteiger charge is 2.11. The lowest BCUT2D eigenvalue weighted by Crippen LogP contribution is -2.31. The Hall–Kier alpha value is -2.11. The van der Waals surface area contributed by atoms with Gasteiger partial charge in [0.1, 0.15) is 11.5 Å². The van der Waals surface area contributed by atoms with E-state index in [1.165, 1.54) is 0 Å². The third-order valence-corrected chi connectivity index (χ3v) is 3.62. The molecule has 0 fully saturated rings. The first-order chi connectivity index (χ1) is 10.9. The van der Waals surface area contributed by atoms with Crippen molar-refractivity contribution in [3.8, 4) is 0 Å². The van der Waals surface area contributed by atoms with Gasteiger partial charge in [-0.05, 0) is 50.8 Å². The number of hydrogen-bond donors (Lipinski definition) is 1. The van der Waals surface area contributed by atoms with Crippen molar-refractivity contribution in [1.29, 1.82) is 0 Å². The summed E-state index contributed by atoms with van der Waals surface area (Å²) in [5.74, 6) is 0.935. The number of carboxylic acid groups (broad SMARTS) is 1. The average Bonchev–Trinajstić information content (AvgIpc) is 2.90. The highest BCUT2D eigenvalue weighted by atomic mass is 16.4. The van der Waals surface area contributed by atoms with Crippen LogP contribution in [-0.2, 0) is 13.1 Å². The maximum Gasteiger partial charge on any atom is 0.335 e. The first kappa shape index (κ1) is 17.2. The van der Waals surface area contributed by atoms with Gasteiger partial charge in [-0.25, -0.2) is 4.79 Å². The lowest BCUT2D eigenvalue weighted by Gasteiger charge is -2.23. The molecule has 5 heteroatoms. The predicted molar refractivity (Wildman–Crippen MR) is 89.5 cm³/mol. The monoisotopic (exact) mass is 316 g/mol. The molecular formula is C18H24N2O3. The van der Waals surface area contributed by atoms with Crippen LogP contribution in [0.15, 0.2) is 40.8 Å². The van der Waals surface area contributed by atoms with E-state index in [0.717, 1.165) is 30.2 Å². The third kappa shape index (κ3) is 5.54. The van der Waals surface area contributed by atoms with E-state index in [9.17, 15) is 4.79 Å². The second kappa shape index (κ2) is 7.94. The Morgan fingerprint density at radius 1 is 1.13 bits per heavy atom. The fourth-order valence-corrected chi connectivity index (χ4v) is 2.41. The van der Waals surface area contributed by atoms with Crippen LogP contribution < -0.4 is 0 Å². The molecule has 0 aliphatic rings. The van der Waals surface area contributed by atoms with Crippen molar-refractivity contribution in [2.75, 3.05) is 27.2 Å². The summed E-state index contributed by atoms with van der Waals surface area (Å²) in [4.78, 5) is 15.5. The Kier molecular flexibility index (Phi) is 5.96. The van der Waals surface area contributed by atoms with Crippen molar-refractivity contribution >= 4 is 5.97 Å². The van der Waals surface area contributed by atoms with Crippen molar-refractivity contribution in [3.05, 3.63) is 59.0 Å². The predicted octanol–water partition coefficient (Wildman–Crippen LogP) is 2.85. The number of carbonyl (C=O) groups is 1. The molecule has 0 aliphatic heterocycles. The summed E-state index contributed by atoms with van der Waals surface area (Å²) in [7, 11) is 4.08. The van der Waals surface area contributed by atoms with Crippen LogP contribution in [0.25, 0.3) is 0 Å². The lowest BCUT2D eigenvalue weighted by atomic mass is 10.1. The summed E-state index contributed by atoms with van der Waals surface area (Å²) in [6.07, 6.45) is 0. The van der Waals surface area contributed by atoms with Crippen molar-refractivity contribution in [1.82, 2.24) is 9.80 Å². The minimum Gasteiger partial charge on any atom is -0.478 e. The summed E-state index contributed by atoms with van der Waals surface area (Å²) in [6, 6.07) is 11.1. The Labute approximate surface area is 137 Å². The van der Waals surface area contributed by atoms with Crippen LogP contribution in [0, 0.1) is 6.92 Å². The molecule has 0 radical (unpaired) electrons. The molecule has 0 bridgehead atoms. The van der Waals surface area contributed by atoms with Gasteiger partial charge >= 0.3 is 5.97 Å². The minimum atomic E-state index is -0.895. The molecule has 0 saturated carbocycles. The van der Waals surface area contributed by atoms with E-state index < -0.39 is 5.97 Å². The number of carboxylic acids is 1. The zero-order chi connectivity index (χ0) is 16.8. The summed E-state index contributed by atoms with van der Waals surface area (Å²) in [6.45, 7) is 5.14. The van der Waals surface area contributed by atoms with Gasteiger partial charge in [-0.15, -0.1) is 0 Å². The largest absolute Gasteiger partial charge is 0.478 e. The van der Waals surface area contributed by atoms with Gasteiger partial charge in [0.05, 0.1) is 12.1 Å². The van der Waals surface area contributed by atoms with Gasteiger partial charge < -0.3 is 14.4 Å². The van der Waals surface area contributed by atoms with Crippen LogP contribution in [0.2, 0.25) is 0 Å². The SMILES string of the molecule is Cc1ccc(CN(CCN(C)C)Cc2cccc(C(=O)O)c2)o1. The first-order valence-corrected chi connectivity index (χ1v) is 7.68. The molecule has 0 aliphatic carbocycles. The number of hydrogen-bond acceptors (Lipinski definition) is 4. The Bertz CT molecular complexity index is 649. The molecule has 1 aromatic carbocycles. The van der Waals surface area contributed by atoms with Crippen molar-refractivity contribution in [3.63, 3.8) is 0 Å². The molecule has 0 atom stereocenters. The number of benzene rings is 1. The molecule has 23 heavy (non-hydrogen) atoms. The molecule has 0 amide bonds. The number of rotatable bonds is 8. The van der Waals surface area contributed by atoms with Gasteiger partial charge in [-0.1, -0.05) is 12.1 Å². The number of aromatic carboxylic acids is 1. The van der Waals surface area contributed by atoms with Crippen molar-refractivity contribution < 1.29 is 14.3 Å². The Morgan fingerprint density at radius 2 is 1.91 bits per heavy atom. The van der Waals surface area contributed by atoms with E-state index in [1.807, 2.05) is 39.2 Å². The smallest absolute Gasteiger partial charge is 0.335 e. The fourth-order valence-electron chi connectivity index (χ4n) is 2.41. The summed E-state index contributed by atoms with van der Waals surface area (Å²) < 4.78 is 5.67. The third-order valence-electron chi connectivity index (χ3n) is 3.62. The molecule has 5 nitrogen and oxygen atoms in total. The quantitative estimate of drug-likeness (QED) is 0.811. The van der Waals surface area contributed by atoms with Crippen LogP contribution in [0.3, 0.4) is 0 Å². The van der Waals surface area contributed by atoms with Crippen LogP contribution in [-0.4, -0.2) is 48.1 Å². The number of furan rings is 1. The molecule has 1 N–H and O–H groups in total. The summed E-state index contributed by atoms with van der Waals surface area (Å²) in [5.41, 5.74) is 1.32. The van der Waals surface area contributed by atoms with Gasteiger partial charge in [0.15, 0.2) is 0 Å². The van der Waals surface area contributed by atoms with Crippen LogP contribution >= 0.6 is 0 Å². The van der Waals surface area contributed by atoms with Crippen LogP contribution in [0.1, 0.15) is 27.4 Å². The maximum atomic E-state index is 11.1. The number of likely N-dealkylation sites (N-methyl/N-ethyl adjacent to an activating group) is 1. The van der Waals surface area contributed by atoms with E-state index in [1.54, 1.807) is 18.2 Å². The van der Waals surface area contributed by atoms with Gasteiger partial charge in [-0.3, -0.25) is 4.90 Å². The van der Waals surface area contributed by atoms with Gasteiger partial charge in [0.25, 0.3) is 0 Å². The minimum absolute atomic E-state index is 0.323. The van der Waals surface area contributed by atoms with Crippen LogP contribution in [0.4, 0.5) is 0 Å². The maximum absolute atomic E-state index is 11.1. The average molecular weight is 316 g/mol.